The van der Waals surface area contributed by atoms with Gasteiger partial charge in [0.15, 0.2) is 0 Å². The lowest BCUT2D eigenvalue weighted by atomic mass is 10.1. The van der Waals surface area contributed by atoms with Crippen molar-refractivity contribution in [1.82, 2.24) is 10.3 Å². The second kappa shape index (κ2) is 8.15. The molecule has 0 saturated carbocycles. The number of phenolic OH excluding ortho intramolecular Hbond substituents is 1. The molecule has 0 unspecified atom stereocenters. The van der Waals surface area contributed by atoms with E-state index in [9.17, 15) is 9.90 Å². The molecule has 2 N–H and O–H groups in total. The minimum atomic E-state index is -0.565. The van der Waals surface area contributed by atoms with Gasteiger partial charge in [-0.15, -0.1) is 0 Å². The van der Waals surface area contributed by atoms with Crippen LogP contribution in [0.15, 0.2) is 36.7 Å². The number of benzene rings is 1. The first-order chi connectivity index (χ1) is 11.0. The van der Waals surface area contributed by atoms with Crippen LogP contribution >= 0.6 is 23.2 Å². The van der Waals surface area contributed by atoms with E-state index in [2.05, 4.69) is 10.3 Å². The van der Waals surface area contributed by atoms with Gasteiger partial charge in [0.05, 0.1) is 17.2 Å². The van der Waals surface area contributed by atoms with Crippen molar-refractivity contribution in [2.45, 2.75) is 19.0 Å². The summed E-state index contributed by atoms with van der Waals surface area (Å²) in [5.74, 6) is -0.217. The number of halogens is 2. The largest absolute Gasteiger partial charge is 0.508 e. The number of methoxy groups -OCH3 is 1. The van der Waals surface area contributed by atoms with Gasteiger partial charge in [0.2, 0.25) is 0 Å². The van der Waals surface area contributed by atoms with Crippen molar-refractivity contribution >= 4 is 29.2 Å². The van der Waals surface area contributed by atoms with Crippen molar-refractivity contribution in [3.05, 3.63) is 57.8 Å². The zero-order chi connectivity index (χ0) is 16.8. The number of carbonyl (C=O) groups is 1. The van der Waals surface area contributed by atoms with Gasteiger partial charge in [-0.25, -0.2) is 0 Å². The van der Waals surface area contributed by atoms with E-state index in [-0.39, 0.29) is 11.7 Å². The molecule has 7 heteroatoms. The Labute approximate surface area is 144 Å². The van der Waals surface area contributed by atoms with Crippen LogP contribution in [-0.4, -0.2) is 29.2 Å². The number of hydrogen-bond donors (Lipinski definition) is 2. The molecule has 1 heterocycles. The Balaban J connectivity index is 2.10. The molecular weight excluding hydrogens is 339 g/mol. The Morgan fingerprint density at radius 3 is 2.43 bits per heavy atom. The van der Waals surface area contributed by atoms with Crippen LogP contribution in [0.1, 0.15) is 11.1 Å². The maximum absolute atomic E-state index is 12.0. The van der Waals surface area contributed by atoms with E-state index in [0.29, 0.717) is 28.6 Å². The van der Waals surface area contributed by atoms with Crippen molar-refractivity contribution in [1.29, 1.82) is 0 Å². The van der Waals surface area contributed by atoms with Gasteiger partial charge in [0, 0.05) is 24.5 Å². The standard InChI is InChI=1S/C16H16Cl2N2O3/c1-23-16(22)15(6-10-2-4-11(21)5-3-10)20-7-12-13(17)8-19-9-14(12)18/h2-5,8-9,15,20-21H,6-7H2,1H3/t15-/m0/s1. The zero-order valence-corrected chi connectivity index (χ0v) is 13.9. The highest BCUT2D eigenvalue weighted by Gasteiger charge is 2.20. The summed E-state index contributed by atoms with van der Waals surface area (Å²) >= 11 is 12.1. The number of carbonyl (C=O) groups excluding carboxylic acids is 1. The maximum Gasteiger partial charge on any atom is 0.323 e. The molecule has 1 aromatic carbocycles. The third-order valence-electron chi connectivity index (χ3n) is 3.34. The number of ether oxygens (including phenoxy) is 1. The average Bonchev–Trinajstić information content (AvgIpc) is 2.54. The quantitative estimate of drug-likeness (QED) is 0.780. The second-order valence-corrected chi connectivity index (χ2v) is 5.72. The lowest BCUT2D eigenvalue weighted by Gasteiger charge is -2.17. The summed E-state index contributed by atoms with van der Waals surface area (Å²) in [4.78, 5) is 15.9. The molecule has 0 aliphatic carbocycles. The maximum atomic E-state index is 12.0. The fourth-order valence-corrected chi connectivity index (χ4v) is 2.58. The molecule has 0 saturated heterocycles. The van der Waals surface area contributed by atoms with E-state index in [1.54, 1.807) is 24.3 Å². The number of pyridine rings is 1. The molecular formula is C16H16Cl2N2O3. The highest BCUT2D eigenvalue weighted by Crippen LogP contribution is 2.23. The number of rotatable bonds is 6. The minimum absolute atomic E-state index is 0.173. The van der Waals surface area contributed by atoms with Gasteiger partial charge in [0.1, 0.15) is 11.8 Å². The van der Waals surface area contributed by atoms with Gasteiger partial charge in [-0.2, -0.15) is 0 Å². The minimum Gasteiger partial charge on any atom is -0.508 e. The summed E-state index contributed by atoms with van der Waals surface area (Å²) in [5.41, 5.74) is 1.56. The Bertz CT molecular complexity index is 657. The number of nitrogens with zero attached hydrogens (tertiary/aromatic N) is 1. The summed E-state index contributed by atoms with van der Waals surface area (Å²) in [6.07, 6.45) is 3.41. The number of aromatic nitrogens is 1. The zero-order valence-electron chi connectivity index (χ0n) is 12.4. The number of esters is 1. The molecule has 0 aliphatic rings. The number of hydrogen-bond acceptors (Lipinski definition) is 5. The van der Waals surface area contributed by atoms with Gasteiger partial charge >= 0.3 is 5.97 Å². The fraction of sp³-hybridized carbons (Fsp3) is 0.250. The van der Waals surface area contributed by atoms with Crippen LogP contribution in [0.2, 0.25) is 10.0 Å². The van der Waals surface area contributed by atoms with E-state index in [0.717, 1.165) is 5.56 Å². The van der Waals surface area contributed by atoms with Crippen LogP contribution in [0.3, 0.4) is 0 Å². The number of nitrogens with one attached hydrogen (secondary N) is 1. The van der Waals surface area contributed by atoms with Crippen LogP contribution in [-0.2, 0) is 22.5 Å². The first kappa shape index (κ1) is 17.5. The molecule has 1 atom stereocenters. The third-order valence-corrected chi connectivity index (χ3v) is 3.99. The molecule has 0 aliphatic heterocycles. The lowest BCUT2D eigenvalue weighted by molar-refractivity contribution is -0.143. The predicted octanol–water partition coefficient (Wildman–Crippen LogP) is 2.97. The van der Waals surface area contributed by atoms with Crippen LogP contribution < -0.4 is 5.32 Å². The summed E-state index contributed by atoms with van der Waals surface area (Å²) in [7, 11) is 1.33. The molecule has 2 rings (SSSR count). The van der Waals surface area contributed by atoms with Crippen LogP contribution in [0.4, 0.5) is 0 Å². The van der Waals surface area contributed by atoms with Crippen LogP contribution in [0, 0.1) is 0 Å². The Morgan fingerprint density at radius 1 is 1.26 bits per heavy atom. The molecule has 0 spiro atoms. The van der Waals surface area contributed by atoms with Crippen molar-refractivity contribution in [2.24, 2.45) is 0 Å². The Kier molecular flexibility index (Phi) is 6.21. The third kappa shape index (κ3) is 4.82. The van der Waals surface area contributed by atoms with Crippen molar-refractivity contribution in [2.75, 3.05) is 7.11 Å². The molecule has 5 nitrogen and oxygen atoms in total. The van der Waals surface area contributed by atoms with E-state index >= 15 is 0 Å². The van der Waals surface area contributed by atoms with Gasteiger partial charge in [0.25, 0.3) is 0 Å². The summed E-state index contributed by atoms with van der Waals surface area (Å²) in [6, 6.07) is 6.07. The molecule has 1 aromatic heterocycles. The summed E-state index contributed by atoms with van der Waals surface area (Å²) in [6.45, 7) is 0.304. The van der Waals surface area contributed by atoms with Crippen molar-refractivity contribution in [3.8, 4) is 5.75 Å². The lowest BCUT2D eigenvalue weighted by Crippen LogP contribution is -2.39. The van der Waals surface area contributed by atoms with Gasteiger partial charge in [-0.05, 0) is 24.1 Å². The van der Waals surface area contributed by atoms with Gasteiger partial charge in [-0.3, -0.25) is 15.1 Å². The van der Waals surface area contributed by atoms with Crippen LogP contribution in [0.5, 0.6) is 5.75 Å². The molecule has 23 heavy (non-hydrogen) atoms. The molecule has 0 fully saturated rings. The van der Waals surface area contributed by atoms with Crippen LogP contribution in [0.25, 0.3) is 0 Å². The van der Waals surface area contributed by atoms with Gasteiger partial charge in [-0.1, -0.05) is 35.3 Å². The van der Waals surface area contributed by atoms with E-state index < -0.39 is 6.04 Å². The number of phenols is 1. The van der Waals surface area contributed by atoms with Gasteiger partial charge < -0.3 is 9.84 Å². The Hall–Kier alpha value is -1.82. The molecule has 2 aromatic rings. The summed E-state index contributed by atoms with van der Waals surface area (Å²) in [5, 5.41) is 13.3. The van der Waals surface area contributed by atoms with E-state index in [1.165, 1.54) is 19.5 Å². The predicted molar refractivity (Wildman–Crippen MR) is 88.7 cm³/mol. The first-order valence-electron chi connectivity index (χ1n) is 6.88. The molecule has 0 radical (unpaired) electrons. The summed E-state index contributed by atoms with van der Waals surface area (Å²) < 4.78 is 4.83. The topological polar surface area (TPSA) is 71.5 Å². The SMILES string of the molecule is COC(=O)[C@H](Cc1ccc(O)cc1)NCc1c(Cl)cncc1Cl. The first-order valence-corrected chi connectivity index (χ1v) is 7.64. The fourth-order valence-electron chi connectivity index (χ4n) is 2.08. The van der Waals surface area contributed by atoms with E-state index in [4.69, 9.17) is 27.9 Å². The van der Waals surface area contributed by atoms with Crippen molar-refractivity contribution in [3.63, 3.8) is 0 Å². The highest BCUT2D eigenvalue weighted by atomic mass is 35.5. The average molecular weight is 355 g/mol. The van der Waals surface area contributed by atoms with E-state index in [1.807, 2.05) is 0 Å². The number of aromatic hydroxyl groups is 1. The smallest absolute Gasteiger partial charge is 0.323 e. The van der Waals surface area contributed by atoms with Crippen molar-refractivity contribution < 1.29 is 14.6 Å². The monoisotopic (exact) mass is 354 g/mol. The highest BCUT2D eigenvalue weighted by molar-refractivity contribution is 6.35. The molecule has 0 bridgehead atoms. The molecule has 122 valence electrons. The molecule has 0 amide bonds. The Morgan fingerprint density at radius 2 is 1.87 bits per heavy atom. The normalized spacial score (nSPS) is 12.0. The second-order valence-electron chi connectivity index (χ2n) is 4.91.